The van der Waals surface area contributed by atoms with E-state index in [2.05, 4.69) is 29.2 Å². The van der Waals surface area contributed by atoms with Crippen molar-refractivity contribution in [2.45, 2.75) is 25.8 Å². The Morgan fingerprint density at radius 2 is 1.59 bits per heavy atom. The van der Waals surface area contributed by atoms with Crippen LogP contribution in [0.2, 0.25) is 0 Å². The molecule has 4 aromatic rings. The zero-order chi connectivity index (χ0) is 23.7. The molecule has 3 N–H and O–H groups in total. The fraction of sp³-hybridized carbons (Fsp3) is 0.250. The van der Waals surface area contributed by atoms with Crippen LogP contribution in [-0.4, -0.2) is 33.3 Å². The molecule has 0 amide bonds. The Hall–Kier alpha value is -3.77. The average molecular weight is 458 g/mol. The summed E-state index contributed by atoms with van der Waals surface area (Å²) in [7, 11) is 0. The molecule has 5 rings (SSSR count). The van der Waals surface area contributed by atoms with Crippen LogP contribution in [0.4, 0.5) is 0 Å². The highest BCUT2D eigenvalue weighted by Gasteiger charge is 2.24. The standard InChI is InChI=1S/C28H27NO5/c30-21-8-6-20(7-9-21)26-16-25(33)27-24(32)15-23(31)22(28(27)34-26)17-29-12-10-19(11-13-29)14-18-4-2-1-3-5-18/h1-9,15-16,19,30-32H,10-14,17H2. The summed E-state index contributed by atoms with van der Waals surface area (Å²) in [4.78, 5) is 15.1. The Morgan fingerprint density at radius 3 is 2.29 bits per heavy atom. The highest BCUT2D eigenvalue weighted by molar-refractivity contribution is 5.89. The number of phenols is 3. The van der Waals surface area contributed by atoms with Crippen molar-refractivity contribution in [2.24, 2.45) is 5.92 Å². The van der Waals surface area contributed by atoms with Crippen LogP contribution in [-0.2, 0) is 13.0 Å². The molecule has 6 heteroatoms. The van der Waals surface area contributed by atoms with Gasteiger partial charge in [0.1, 0.15) is 28.4 Å². The molecule has 6 nitrogen and oxygen atoms in total. The predicted molar refractivity (Wildman–Crippen MR) is 131 cm³/mol. The number of aromatic hydroxyl groups is 3. The molecule has 2 heterocycles. The van der Waals surface area contributed by atoms with E-state index in [1.165, 1.54) is 29.8 Å². The lowest BCUT2D eigenvalue weighted by Gasteiger charge is -2.32. The lowest BCUT2D eigenvalue weighted by molar-refractivity contribution is 0.175. The number of fused-ring (bicyclic) bond motifs is 1. The van der Waals surface area contributed by atoms with E-state index in [4.69, 9.17) is 4.42 Å². The third-order valence-electron chi connectivity index (χ3n) is 6.67. The number of piperidine rings is 1. The van der Waals surface area contributed by atoms with Gasteiger partial charge < -0.3 is 19.7 Å². The third kappa shape index (κ3) is 4.50. The SMILES string of the molecule is O=c1cc(-c2ccc(O)cc2)oc2c(CN3CCC(Cc4ccccc4)CC3)c(O)cc(O)c12. The van der Waals surface area contributed by atoms with Gasteiger partial charge >= 0.3 is 0 Å². The first-order chi connectivity index (χ1) is 16.5. The zero-order valence-corrected chi connectivity index (χ0v) is 18.8. The van der Waals surface area contributed by atoms with Crippen LogP contribution in [0.5, 0.6) is 17.2 Å². The van der Waals surface area contributed by atoms with Crippen molar-refractivity contribution >= 4 is 11.0 Å². The molecule has 0 aliphatic carbocycles. The molecule has 3 aromatic carbocycles. The number of benzene rings is 3. The molecule has 0 unspecified atom stereocenters. The van der Waals surface area contributed by atoms with Gasteiger partial charge in [-0.1, -0.05) is 30.3 Å². The first kappa shape index (κ1) is 22.0. The lowest BCUT2D eigenvalue weighted by atomic mass is 9.90. The summed E-state index contributed by atoms with van der Waals surface area (Å²) in [6, 6.07) is 19.4. The van der Waals surface area contributed by atoms with Crippen LogP contribution >= 0.6 is 0 Å². The summed E-state index contributed by atoms with van der Waals surface area (Å²) in [6.45, 7) is 2.17. The predicted octanol–water partition coefficient (Wildman–Crippen LogP) is 5.03. The van der Waals surface area contributed by atoms with E-state index in [-0.39, 0.29) is 33.6 Å². The molecular weight excluding hydrogens is 430 g/mol. The molecule has 0 saturated carbocycles. The summed E-state index contributed by atoms with van der Waals surface area (Å²) in [5, 5.41) is 30.7. The highest BCUT2D eigenvalue weighted by Crippen LogP contribution is 2.36. The van der Waals surface area contributed by atoms with E-state index in [1.807, 2.05) is 6.07 Å². The van der Waals surface area contributed by atoms with Crippen LogP contribution in [0, 0.1) is 5.92 Å². The van der Waals surface area contributed by atoms with Gasteiger partial charge in [-0.05, 0) is 68.1 Å². The van der Waals surface area contributed by atoms with E-state index in [1.54, 1.807) is 12.1 Å². The molecule has 1 aliphatic rings. The molecule has 0 atom stereocenters. The second-order valence-electron chi connectivity index (χ2n) is 9.03. The zero-order valence-electron chi connectivity index (χ0n) is 18.8. The highest BCUT2D eigenvalue weighted by atomic mass is 16.3. The van der Waals surface area contributed by atoms with Gasteiger partial charge in [0, 0.05) is 24.2 Å². The Morgan fingerprint density at radius 1 is 0.882 bits per heavy atom. The summed E-state index contributed by atoms with van der Waals surface area (Å²) in [6.07, 6.45) is 3.16. The summed E-state index contributed by atoms with van der Waals surface area (Å²) in [5.41, 5.74) is 2.27. The Kier molecular flexibility index (Phi) is 5.99. The minimum Gasteiger partial charge on any atom is -0.508 e. The fourth-order valence-electron chi connectivity index (χ4n) is 4.79. The molecule has 1 aliphatic heterocycles. The van der Waals surface area contributed by atoms with E-state index in [0.717, 1.165) is 32.4 Å². The van der Waals surface area contributed by atoms with Gasteiger partial charge in [0.25, 0.3) is 0 Å². The maximum Gasteiger partial charge on any atom is 0.197 e. The van der Waals surface area contributed by atoms with Gasteiger partial charge in [0.2, 0.25) is 0 Å². The number of likely N-dealkylation sites (tertiary alicyclic amines) is 1. The van der Waals surface area contributed by atoms with E-state index >= 15 is 0 Å². The van der Waals surface area contributed by atoms with Crippen molar-refractivity contribution < 1.29 is 19.7 Å². The normalized spacial score (nSPS) is 15.1. The fourth-order valence-corrected chi connectivity index (χ4v) is 4.79. The molecule has 0 bridgehead atoms. The van der Waals surface area contributed by atoms with E-state index < -0.39 is 0 Å². The number of hydrogen-bond acceptors (Lipinski definition) is 6. The molecule has 0 spiro atoms. The van der Waals surface area contributed by atoms with Crippen molar-refractivity contribution in [2.75, 3.05) is 13.1 Å². The molecule has 1 aromatic heterocycles. The van der Waals surface area contributed by atoms with Crippen molar-refractivity contribution in [3.63, 3.8) is 0 Å². The minimum atomic E-state index is -0.385. The third-order valence-corrected chi connectivity index (χ3v) is 6.67. The number of nitrogens with zero attached hydrogens (tertiary/aromatic N) is 1. The van der Waals surface area contributed by atoms with Crippen LogP contribution in [0.3, 0.4) is 0 Å². The van der Waals surface area contributed by atoms with Crippen LogP contribution in [0.15, 0.2) is 75.9 Å². The maximum atomic E-state index is 12.9. The Bertz CT molecular complexity index is 1350. The molecule has 1 fully saturated rings. The number of rotatable bonds is 5. The van der Waals surface area contributed by atoms with Crippen molar-refractivity contribution in [3.05, 3.63) is 88.1 Å². The monoisotopic (exact) mass is 457 g/mol. The Labute approximate surface area is 197 Å². The topological polar surface area (TPSA) is 94.1 Å². The minimum absolute atomic E-state index is 0.0642. The maximum absolute atomic E-state index is 12.9. The van der Waals surface area contributed by atoms with E-state index in [0.29, 0.717) is 29.3 Å². The van der Waals surface area contributed by atoms with Crippen molar-refractivity contribution in [1.82, 2.24) is 4.90 Å². The number of phenolic OH excluding ortho intramolecular Hbond substituents is 3. The molecule has 1 saturated heterocycles. The second kappa shape index (κ2) is 9.23. The Balaban J connectivity index is 1.41. The average Bonchev–Trinajstić information content (AvgIpc) is 2.83. The van der Waals surface area contributed by atoms with Gasteiger partial charge in [-0.3, -0.25) is 9.69 Å². The van der Waals surface area contributed by atoms with Gasteiger partial charge in [0.05, 0.1) is 5.56 Å². The van der Waals surface area contributed by atoms with E-state index in [9.17, 15) is 20.1 Å². The molecule has 0 radical (unpaired) electrons. The first-order valence-electron chi connectivity index (χ1n) is 11.6. The number of hydrogen-bond donors (Lipinski definition) is 3. The summed E-state index contributed by atoms with van der Waals surface area (Å²) in [5.74, 6) is 0.637. The molecule has 174 valence electrons. The summed E-state index contributed by atoms with van der Waals surface area (Å²) >= 11 is 0. The first-order valence-corrected chi connectivity index (χ1v) is 11.6. The smallest absolute Gasteiger partial charge is 0.197 e. The van der Waals surface area contributed by atoms with Crippen LogP contribution in [0.1, 0.15) is 24.0 Å². The lowest BCUT2D eigenvalue weighted by Crippen LogP contribution is -2.34. The second-order valence-corrected chi connectivity index (χ2v) is 9.03. The van der Waals surface area contributed by atoms with Gasteiger partial charge in [-0.25, -0.2) is 0 Å². The summed E-state index contributed by atoms with van der Waals surface area (Å²) < 4.78 is 6.07. The largest absolute Gasteiger partial charge is 0.508 e. The van der Waals surface area contributed by atoms with Crippen LogP contribution in [0.25, 0.3) is 22.3 Å². The van der Waals surface area contributed by atoms with Crippen LogP contribution < -0.4 is 5.43 Å². The quantitative estimate of drug-likeness (QED) is 0.389. The van der Waals surface area contributed by atoms with Gasteiger partial charge in [0.15, 0.2) is 11.0 Å². The van der Waals surface area contributed by atoms with Crippen molar-refractivity contribution in [3.8, 4) is 28.6 Å². The molecular formula is C28H27NO5. The van der Waals surface area contributed by atoms with Gasteiger partial charge in [-0.2, -0.15) is 0 Å². The van der Waals surface area contributed by atoms with Crippen molar-refractivity contribution in [1.29, 1.82) is 0 Å². The molecule has 34 heavy (non-hydrogen) atoms. The van der Waals surface area contributed by atoms with Gasteiger partial charge in [-0.15, -0.1) is 0 Å².